The van der Waals surface area contributed by atoms with Gasteiger partial charge in [-0.05, 0) is 48.8 Å². The van der Waals surface area contributed by atoms with Crippen molar-refractivity contribution in [3.63, 3.8) is 0 Å². The van der Waals surface area contributed by atoms with Gasteiger partial charge in [0.05, 0.1) is 15.2 Å². The Morgan fingerprint density at radius 3 is 2.51 bits per heavy atom. The second kappa shape index (κ2) is 12.3. The van der Waals surface area contributed by atoms with Gasteiger partial charge in [-0.15, -0.1) is 11.3 Å². The molecular formula is C27H38N4O3S. The zero-order valence-electron chi connectivity index (χ0n) is 21.1. The first kappa shape index (κ1) is 26.9. The summed E-state index contributed by atoms with van der Waals surface area (Å²) in [7, 11) is 0. The molecule has 0 saturated heterocycles. The molecule has 190 valence electrons. The van der Waals surface area contributed by atoms with Crippen molar-refractivity contribution < 1.29 is 14.4 Å². The van der Waals surface area contributed by atoms with Crippen LogP contribution in [0.4, 0.5) is 0 Å². The van der Waals surface area contributed by atoms with Crippen molar-refractivity contribution in [1.29, 1.82) is 0 Å². The van der Waals surface area contributed by atoms with Crippen molar-refractivity contribution in [2.45, 2.75) is 90.1 Å². The Kier molecular flexibility index (Phi) is 9.43. The number of benzene rings is 1. The number of rotatable bonds is 11. The Bertz CT molecular complexity index is 1070. The number of aromatic nitrogens is 1. The number of carbonyl (C=O) groups is 3. The van der Waals surface area contributed by atoms with Crippen molar-refractivity contribution in [2.24, 2.45) is 11.7 Å². The van der Waals surface area contributed by atoms with Gasteiger partial charge in [-0.2, -0.15) is 0 Å². The summed E-state index contributed by atoms with van der Waals surface area (Å²) in [4.78, 5) is 42.1. The van der Waals surface area contributed by atoms with Gasteiger partial charge in [0.2, 0.25) is 17.7 Å². The van der Waals surface area contributed by atoms with E-state index in [1.165, 1.54) is 12.0 Å². The summed E-state index contributed by atoms with van der Waals surface area (Å²) in [6, 6.07) is 5.25. The first-order valence-electron chi connectivity index (χ1n) is 12.6. The van der Waals surface area contributed by atoms with Gasteiger partial charge < -0.3 is 16.4 Å². The van der Waals surface area contributed by atoms with E-state index in [0.717, 1.165) is 40.9 Å². The van der Waals surface area contributed by atoms with E-state index in [9.17, 15) is 14.4 Å². The van der Waals surface area contributed by atoms with Crippen molar-refractivity contribution in [2.75, 3.05) is 0 Å². The van der Waals surface area contributed by atoms with Gasteiger partial charge >= 0.3 is 0 Å². The lowest BCUT2D eigenvalue weighted by atomic mass is 9.81. The molecule has 7 nitrogen and oxygen atoms in total. The molecule has 8 heteroatoms. The van der Waals surface area contributed by atoms with Crippen LogP contribution in [0.2, 0.25) is 0 Å². The number of hydrogen-bond donors (Lipinski definition) is 3. The van der Waals surface area contributed by atoms with Gasteiger partial charge in [-0.25, -0.2) is 4.98 Å². The maximum Gasteiger partial charge on any atom is 0.244 e. The fraction of sp³-hybridized carbons (Fsp3) is 0.556. The van der Waals surface area contributed by atoms with Gasteiger partial charge in [0.1, 0.15) is 6.04 Å². The Morgan fingerprint density at radius 2 is 1.89 bits per heavy atom. The second-order valence-corrected chi connectivity index (χ2v) is 11.0. The number of primary amides is 1. The lowest BCUT2D eigenvalue weighted by Gasteiger charge is -2.32. The van der Waals surface area contributed by atoms with Crippen LogP contribution in [-0.4, -0.2) is 34.8 Å². The zero-order valence-corrected chi connectivity index (χ0v) is 21.9. The monoisotopic (exact) mass is 498 g/mol. The maximum atomic E-state index is 13.5. The third kappa shape index (κ3) is 7.37. The van der Waals surface area contributed by atoms with Crippen LogP contribution >= 0.6 is 11.3 Å². The van der Waals surface area contributed by atoms with Crippen LogP contribution in [0.3, 0.4) is 0 Å². The molecule has 2 atom stereocenters. The normalized spacial score (nSPS) is 16.1. The Morgan fingerprint density at radius 1 is 1.17 bits per heavy atom. The van der Waals surface area contributed by atoms with Gasteiger partial charge in [0.25, 0.3) is 0 Å². The molecule has 1 fully saturated rings. The van der Waals surface area contributed by atoms with Crippen molar-refractivity contribution in [3.05, 3.63) is 40.9 Å². The highest BCUT2D eigenvalue weighted by molar-refractivity contribution is 7.18. The van der Waals surface area contributed by atoms with E-state index in [1.54, 1.807) is 18.3 Å². The minimum absolute atomic E-state index is 0.191. The quantitative estimate of drug-likeness (QED) is 0.400. The number of carbonyl (C=O) groups excluding carboxylic acids is 3. The number of thiazole rings is 1. The van der Waals surface area contributed by atoms with E-state index < -0.39 is 11.9 Å². The molecule has 35 heavy (non-hydrogen) atoms. The largest absolute Gasteiger partial charge is 0.366 e. The van der Waals surface area contributed by atoms with Crippen LogP contribution in [0.25, 0.3) is 10.2 Å². The molecule has 1 aliphatic rings. The molecule has 4 N–H and O–H groups in total. The Labute approximate surface area is 212 Å². The lowest BCUT2D eigenvalue weighted by Crippen LogP contribution is -2.52. The van der Waals surface area contributed by atoms with Gasteiger partial charge in [-0.1, -0.05) is 52.7 Å². The van der Waals surface area contributed by atoms with Crippen LogP contribution in [0.5, 0.6) is 0 Å². The minimum atomic E-state index is -0.750. The topological polar surface area (TPSA) is 114 Å². The Balaban J connectivity index is 1.80. The van der Waals surface area contributed by atoms with Crippen LogP contribution in [0, 0.1) is 5.92 Å². The van der Waals surface area contributed by atoms with E-state index >= 15 is 0 Å². The van der Waals surface area contributed by atoms with Crippen LogP contribution in [0.15, 0.2) is 30.4 Å². The number of nitrogens with one attached hydrogen (secondary N) is 2. The van der Waals surface area contributed by atoms with Crippen molar-refractivity contribution >= 4 is 39.3 Å². The molecule has 0 bridgehead atoms. The van der Waals surface area contributed by atoms with Crippen molar-refractivity contribution in [3.8, 4) is 0 Å². The molecule has 1 heterocycles. The summed E-state index contributed by atoms with van der Waals surface area (Å²) < 4.78 is 1.07. The second-order valence-electron chi connectivity index (χ2n) is 9.85. The van der Waals surface area contributed by atoms with Crippen LogP contribution < -0.4 is 16.4 Å². The average molecular weight is 499 g/mol. The van der Waals surface area contributed by atoms with Crippen molar-refractivity contribution in [1.82, 2.24) is 15.6 Å². The van der Waals surface area contributed by atoms with E-state index in [2.05, 4.69) is 43.2 Å². The highest BCUT2D eigenvalue weighted by Crippen LogP contribution is 2.30. The number of nitrogens with two attached hydrogens (primary N) is 1. The van der Waals surface area contributed by atoms with E-state index in [0.29, 0.717) is 24.3 Å². The predicted octanol–water partition coefficient (Wildman–Crippen LogP) is 4.35. The van der Waals surface area contributed by atoms with Crippen LogP contribution in [0.1, 0.15) is 82.2 Å². The number of amides is 3. The Hall–Kier alpha value is -2.74. The molecule has 0 spiro atoms. The first-order chi connectivity index (χ1) is 16.7. The minimum Gasteiger partial charge on any atom is -0.366 e. The molecule has 1 aromatic carbocycles. The number of hydrogen-bond acceptors (Lipinski definition) is 5. The van der Waals surface area contributed by atoms with Crippen LogP contribution in [-0.2, 0) is 20.8 Å². The third-order valence-electron chi connectivity index (χ3n) is 6.84. The first-order valence-corrected chi connectivity index (χ1v) is 13.5. The summed E-state index contributed by atoms with van der Waals surface area (Å²) in [6.45, 7) is 9.88. The molecule has 1 aromatic heterocycles. The summed E-state index contributed by atoms with van der Waals surface area (Å²) in [5.74, 6) is -0.334. The molecular weight excluding hydrogens is 460 g/mol. The highest BCUT2D eigenvalue weighted by atomic mass is 32.1. The fourth-order valence-electron chi connectivity index (χ4n) is 4.64. The van der Waals surface area contributed by atoms with E-state index in [4.69, 9.17) is 10.7 Å². The molecule has 1 saturated carbocycles. The number of nitrogens with zero attached hydrogens (tertiary/aromatic N) is 1. The molecule has 2 aromatic rings. The molecule has 1 aliphatic carbocycles. The summed E-state index contributed by atoms with van der Waals surface area (Å²) >= 11 is 1.55. The predicted molar refractivity (Wildman–Crippen MR) is 141 cm³/mol. The smallest absolute Gasteiger partial charge is 0.244 e. The fourth-order valence-corrected chi connectivity index (χ4v) is 5.70. The SMILES string of the molecule is C=C(C[C@H](NC(=O)[C@H](Cc1nc2ccc(C(C)C)cc2s1)NC(=O)CC)C1CCCCC1)C(N)=O. The zero-order chi connectivity index (χ0) is 25.5. The summed E-state index contributed by atoms with van der Waals surface area (Å²) in [5, 5.41) is 6.81. The molecule has 3 rings (SSSR count). The van der Waals surface area contributed by atoms with Gasteiger partial charge in [-0.3, -0.25) is 14.4 Å². The van der Waals surface area contributed by atoms with E-state index in [-0.39, 0.29) is 30.2 Å². The van der Waals surface area contributed by atoms with Gasteiger partial charge in [0, 0.05) is 24.5 Å². The maximum absolute atomic E-state index is 13.5. The lowest BCUT2D eigenvalue weighted by molar-refractivity contribution is -0.129. The van der Waals surface area contributed by atoms with Gasteiger partial charge in [0.15, 0.2) is 0 Å². The van der Waals surface area contributed by atoms with E-state index in [1.807, 2.05) is 6.07 Å². The average Bonchev–Trinajstić information content (AvgIpc) is 3.24. The standard InChI is InChI=1S/C27H38N4O3S/c1-5-24(32)29-22(15-25-30-20-12-11-19(16(2)3)14-23(20)35-25)27(34)31-21(13-17(4)26(28)33)18-9-7-6-8-10-18/h11-12,14,16,18,21-22H,4-10,13,15H2,1-3H3,(H2,28,33)(H,29,32)(H,31,34)/t21-,22-/m0/s1. The number of fused-ring (bicyclic) bond motifs is 1. The molecule has 0 aliphatic heterocycles. The molecule has 0 unspecified atom stereocenters. The summed E-state index contributed by atoms with van der Waals surface area (Å²) in [5.41, 5.74) is 7.89. The molecule has 0 radical (unpaired) electrons. The third-order valence-corrected chi connectivity index (χ3v) is 7.88. The highest BCUT2D eigenvalue weighted by Gasteiger charge is 2.30. The molecule has 3 amide bonds. The summed E-state index contributed by atoms with van der Waals surface area (Å²) in [6.07, 6.45) is 6.25.